The Morgan fingerprint density at radius 3 is 2.54 bits per heavy atom. The minimum absolute atomic E-state index is 0. The second-order valence-corrected chi connectivity index (χ2v) is 6.27. The van der Waals surface area contributed by atoms with Gasteiger partial charge in [0.2, 0.25) is 5.91 Å². The first-order valence-electron chi connectivity index (χ1n) is 8.41. The molecule has 3 N–H and O–H groups in total. The number of benzene rings is 2. The number of hydrogen-bond acceptors (Lipinski definition) is 3. The van der Waals surface area contributed by atoms with E-state index in [1.165, 1.54) is 12.1 Å². The Kier molecular flexibility index (Phi) is 6.69. The molecule has 0 saturated carbocycles. The predicted molar refractivity (Wildman–Crippen MR) is 103 cm³/mol. The van der Waals surface area contributed by atoms with Crippen molar-refractivity contribution in [2.24, 2.45) is 5.73 Å². The van der Waals surface area contributed by atoms with E-state index in [4.69, 9.17) is 5.73 Å². The van der Waals surface area contributed by atoms with E-state index in [-0.39, 0.29) is 41.7 Å². The molecule has 0 aliphatic carbocycles. The maximum atomic E-state index is 13.0. The lowest BCUT2D eigenvalue weighted by Crippen LogP contribution is -2.24. The van der Waals surface area contributed by atoms with Gasteiger partial charge in [-0.2, -0.15) is 13.2 Å². The number of hydrogen-bond donors (Lipinski definition) is 2. The molecule has 1 fully saturated rings. The Balaban J connectivity index is 0.00000280. The molecular weight excluding hydrogens is 395 g/mol. The fraction of sp³-hybridized carbons (Fsp3) is 0.263. The smallest absolute Gasteiger partial charge is 0.326 e. The summed E-state index contributed by atoms with van der Waals surface area (Å²) in [6.07, 6.45) is -3.33. The normalized spacial score (nSPS) is 14.0. The molecule has 28 heavy (non-hydrogen) atoms. The highest BCUT2D eigenvalue weighted by Crippen LogP contribution is 2.32. The molecule has 0 atom stereocenters. The molecule has 3 rings (SSSR count). The molecule has 0 radical (unpaired) electrons. The topological polar surface area (TPSA) is 75.4 Å². The van der Waals surface area contributed by atoms with Crippen molar-refractivity contribution in [3.05, 3.63) is 59.2 Å². The predicted octanol–water partition coefficient (Wildman–Crippen LogP) is 3.97. The zero-order chi connectivity index (χ0) is 19.6. The molecule has 1 heterocycles. The van der Waals surface area contributed by atoms with E-state index in [2.05, 4.69) is 5.32 Å². The van der Waals surface area contributed by atoms with Crippen LogP contribution in [-0.2, 0) is 17.5 Å². The molecule has 2 aromatic rings. The molecule has 150 valence electrons. The number of nitrogens with two attached hydrogens (primary N) is 1. The van der Waals surface area contributed by atoms with Gasteiger partial charge >= 0.3 is 6.18 Å². The summed E-state index contributed by atoms with van der Waals surface area (Å²) >= 11 is 0. The van der Waals surface area contributed by atoms with Crippen molar-refractivity contribution >= 4 is 35.6 Å². The van der Waals surface area contributed by atoms with Crippen molar-refractivity contribution in [1.82, 2.24) is 0 Å². The van der Waals surface area contributed by atoms with Crippen LogP contribution in [0.3, 0.4) is 0 Å². The summed E-state index contributed by atoms with van der Waals surface area (Å²) in [5.74, 6) is -0.580. The van der Waals surface area contributed by atoms with E-state index < -0.39 is 17.6 Å². The lowest BCUT2D eigenvalue weighted by Gasteiger charge is -2.17. The van der Waals surface area contributed by atoms with Crippen LogP contribution >= 0.6 is 12.4 Å². The Morgan fingerprint density at radius 2 is 1.93 bits per heavy atom. The van der Waals surface area contributed by atoms with Crippen molar-refractivity contribution in [3.8, 4) is 0 Å². The highest BCUT2D eigenvalue weighted by atomic mass is 35.5. The molecule has 2 amide bonds. The summed E-state index contributed by atoms with van der Waals surface area (Å²) in [7, 11) is 0. The number of carbonyl (C=O) groups excluding carboxylic acids is 2. The van der Waals surface area contributed by atoms with Gasteiger partial charge in [-0.05, 0) is 48.4 Å². The first-order valence-corrected chi connectivity index (χ1v) is 8.41. The van der Waals surface area contributed by atoms with E-state index >= 15 is 0 Å². The third-order valence-electron chi connectivity index (χ3n) is 4.31. The third-order valence-corrected chi connectivity index (χ3v) is 4.31. The van der Waals surface area contributed by atoms with Gasteiger partial charge in [0.05, 0.1) is 5.56 Å². The fourth-order valence-electron chi connectivity index (χ4n) is 2.99. The summed E-state index contributed by atoms with van der Waals surface area (Å²) in [5, 5.41) is 2.48. The largest absolute Gasteiger partial charge is 0.416 e. The van der Waals surface area contributed by atoms with Crippen molar-refractivity contribution < 1.29 is 22.8 Å². The van der Waals surface area contributed by atoms with E-state index in [0.29, 0.717) is 18.7 Å². The minimum Gasteiger partial charge on any atom is -0.326 e. The summed E-state index contributed by atoms with van der Waals surface area (Å²) in [5.41, 5.74) is 5.70. The molecule has 1 aliphatic rings. The van der Waals surface area contributed by atoms with Crippen LogP contribution in [0.1, 0.15) is 34.3 Å². The molecule has 2 aromatic carbocycles. The number of nitrogens with one attached hydrogen (secondary N) is 1. The van der Waals surface area contributed by atoms with E-state index in [1.54, 1.807) is 23.1 Å². The highest BCUT2D eigenvalue weighted by Gasteiger charge is 2.31. The van der Waals surface area contributed by atoms with Gasteiger partial charge in [0.15, 0.2) is 0 Å². The molecular formula is C19H19ClF3N3O2. The molecule has 1 aliphatic heterocycles. The van der Waals surface area contributed by atoms with Crippen molar-refractivity contribution in [2.45, 2.75) is 25.6 Å². The summed E-state index contributed by atoms with van der Waals surface area (Å²) in [6, 6.07) is 9.66. The van der Waals surface area contributed by atoms with Gasteiger partial charge in [-0.1, -0.05) is 6.07 Å². The molecule has 0 bridgehead atoms. The molecule has 9 heteroatoms. The Hall–Kier alpha value is -2.58. The van der Waals surface area contributed by atoms with E-state index in [9.17, 15) is 22.8 Å². The number of rotatable bonds is 4. The number of anilines is 2. The van der Waals surface area contributed by atoms with Gasteiger partial charge in [-0.25, -0.2) is 0 Å². The van der Waals surface area contributed by atoms with Gasteiger partial charge in [0, 0.05) is 36.4 Å². The second-order valence-electron chi connectivity index (χ2n) is 6.27. The lowest BCUT2D eigenvalue weighted by atomic mass is 10.1. The molecule has 0 aromatic heterocycles. The van der Waals surface area contributed by atoms with Crippen LogP contribution in [0, 0.1) is 0 Å². The zero-order valence-electron chi connectivity index (χ0n) is 14.8. The van der Waals surface area contributed by atoms with Gasteiger partial charge in [0.1, 0.15) is 0 Å². The quantitative estimate of drug-likeness (QED) is 0.796. The second kappa shape index (κ2) is 8.62. The SMILES string of the molecule is Cl.NCc1cc(NC(=O)c2cccc(N3CCCC3=O)c2)cc(C(F)(F)F)c1. The Labute approximate surface area is 166 Å². The average Bonchev–Trinajstić information content (AvgIpc) is 3.06. The van der Waals surface area contributed by atoms with E-state index in [1.807, 2.05) is 0 Å². The maximum Gasteiger partial charge on any atom is 0.416 e. The van der Waals surface area contributed by atoms with Crippen LogP contribution in [0.15, 0.2) is 42.5 Å². The maximum absolute atomic E-state index is 13.0. The summed E-state index contributed by atoms with van der Waals surface area (Å²) in [4.78, 5) is 25.9. The monoisotopic (exact) mass is 413 g/mol. The van der Waals surface area contributed by atoms with Gasteiger partial charge in [-0.3, -0.25) is 9.59 Å². The first kappa shape index (κ1) is 21.7. The molecule has 0 unspecified atom stereocenters. The van der Waals surface area contributed by atoms with Crippen LogP contribution in [0.25, 0.3) is 0 Å². The first-order chi connectivity index (χ1) is 12.8. The van der Waals surface area contributed by atoms with Crippen LogP contribution in [0.2, 0.25) is 0 Å². The highest BCUT2D eigenvalue weighted by molar-refractivity contribution is 6.05. The van der Waals surface area contributed by atoms with Crippen molar-refractivity contribution in [3.63, 3.8) is 0 Å². The standard InChI is InChI=1S/C19H18F3N3O2.ClH/c20-19(21,22)14-7-12(11-23)8-15(10-14)24-18(27)13-3-1-4-16(9-13)25-6-2-5-17(25)26;/h1,3-4,7-10H,2,5-6,11,23H2,(H,24,27);1H. The Morgan fingerprint density at radius 1 is 1.18 bits per heavy atom. The van der Waals surface area contributed by atoms with Crippen LogP contribution in [0.5, 0.6) is 0 Å². The van der Waals surface area contributed by atoms with Crippen molar-refractivity contribution in [2.75, 3.05) is 16.8 Å². The number of amides is 2. The fourth-order valence-corrected chi connectivity index (χ4v) is 2.99. The number of halogens is 4. The van der Waals surface area contributed by atoms with Gasteiger partial charge in [0.25, 0.3) is 5.91 Å². The number of nitrogens with zero attached hydrogens (tertiary/aromatic N) is 1. The lowest BCUT2D eigenvalue weighted by molar-refractivity contribution is -0.137. The Bertz CT molecular complexity index is 887. The van der Waals surface area contributed by atoms with E-state index in [0.717, 1.165) is 18.6 Å². The average molecular weight is 414 g/mol. The van der Waals surface area contributed by atoms with Crippen molar-refractivity contribution in [1.29, 1.82) is 0 Å². The summed E-state index contributed by atoms with van der Waals surface area (Å²) < 4.78 is 39.0. The van der Waals surface area contributed by atoms with Crippen LogP contribution < -0.4 is 16.0 Å². The summed E-state index contributed by atoms with van der Waals surface area (Å²) in [6.45, 7) is 0.497. The molecule has 5 nitrogen and oxygen atoms in total. The molecule has 0 spiro atoms. The third kappa shape index (κ3) is 4.82. The number of carbonyl (C=O) groups is 2. The number of alkyl halides is 3. The molecule has 1 saturated heterocycles. The minimum atomic E-state index is -4.54. The van der Waals surface area contributed by atoms with Crippen LogP contribution in [0.4, 0.5) is 24.5 Å². The zero-order valence-corrected chi connectivity index (χ0v) is 15.6. The van der Waals surface area contributed by atoms with Gasteiger partial charge in [-0.15, -0.1) is 12.4 Å². The van der Waals surface area contributed by atoms with Gasteiger partial charge < -0.3 is 16.0 Å². The van der Waals surface area contributed by atoms with Crippen LogP contribution in [-0.4, -0.2) is 18.4 Å².